The zero-order valence-electron chi connectivity index (χ0n) is 14.5. The van der Waals surface area contributed by atoms with Gasteiger partial charge in [-0.1, -0.05) is 5.16 Å². The molecule has 0 radical (unpaired) electrons. The third-order valence-electron chi connectivity index (χ3n) is 3.81. The van der Waals surface area contributed by atoms with Crippen LogP contribution in [0.4, 0.5) is 4.39 Å². The number of benzene rings is 1. The third-order valence-corrected chi connectivity index (χ3v) is 4.72. The maximum atomic E-state index is 13.2. The summed E-state index contributed by atoms with van der Waals surface area (Å²) in [4.78, 5) is 0. The van der Waals surface area contributed by atoms with E-state index in [-0.39, 0.29) is 5.82 Å². The largest absolute Gasteiger partial charge is 0.410 e. The Hall–Kier alpha value is -2.44. The molecule has 0 bridgehead atoms. The van der Waals surface area contributed by atoms with Gasteiger partial charge in [0, 0.05) is 17.3 Å². The Morgan fingerprint density at radius 2 is 1.88 bits per heavy atom. The SMILES string of the molecule is C[N+](C)(C)Cc1cccn1-c1sccc1/C(=N\O)c1ccc(F)cc1. The minimum absolute atomic E-state index is 0.317. The Bertz CT molecular complexity index is 888. The predicted molar refractivity (Wildman–Crippen MR) is 99.2 cm³/mol. The summed E-state index contributed by atoms with van der Waals surface area (Å²) < 4.78 is 16.1. The second-order valence-electron chi connectivity index (χ2n) is 6.91. The molecule has 0 fully saturated rings. The lowest BCUT2D eigenvalue weighted by Gasteiger charge is -2.24. The van der Waals surface area contributed by atoms with Gasteiger partial charge < -0.3 is 14.3 Å². The molecule has 0 saturated heterocycles. The first-order valence-electron chi connectivity index (χ1n) is 7.92. The summed E-state index contributed by atoms with van der Waals surface area (Å²) >= 11 is 1.58. The quantitative estimate of drug-likeness (QED) is 0.317. The van der Waals surface area contributed by atoms with Crippen LogP contribution in [0.25, 0.3) is 5.00 Å². The molecule has 0 saturated carbocycles. The molecule has 1 aromatic carbocycles. The van der Waals surface area contributed by atoms with Crippen molar-refractivity contribution in [2.45, 2.75) is 6.54 Å². The standard InChI is InChI=1S/C19H20FN3OS/c1-23(2,3)13-16-5-4-11-22(16)19-17(10-12-25-19)18(21-24)14-6-8-15(20)9-7-14/h4-12H,13H2,1-3H3/p+1/b21-18-. The van der Waals surface area contributed by atoms with Crippen molar-refractivity contribution in [2.24, 2.45) is 5.16 Å². The van der Waals surface area contributed by atoms with Crippen molar-refractivity contribution in [3.05, 3.63) is 76.7 Å². The van der Waals surface area contributed by atoms with Gasteiger partial charge in [0.05, 0.1) is 26.8 Å². The molecular formula is C19H21FN3OS+. The maximum Gasteiger partial charge on any atom is 0.123 e. The van der Waals surface area contributed by atoms with Crippen molar-refractivity contribution >= 4 is 17.0 Å². The molecule has 2 heterocycles. The van der Waals surface area contributed by atoms with Gasteiger partial charge in [-0.25, -0.2) is 4.39 Å². The lowest BCUT2D eigenvalue weighted by atomic mass is 10.0. The molecule has 0 aliphatic rings. The van der Waals surface area contributed by atoms with Crippen LogP contribution in [0.5, 0.6) is 0 Å². The van der Waals surface area contributed by atoms with Crippen LogP contribution in [0.2, 0.25) is 0 Å². The Morgan fingerprint density at radius 1 is 1.16 bits per heavy atom. The molecule has 0 atom stereocenters. The van der Waals surface area contributed by atoms with E-state index in [2.05, 4.69) is 36.9 Å². The van der Waals surface area contributed by atoms with Crippen LogP contribution in [-0.2, 0) is 6.54 Å². The highest BCUT2D eigenvalue weighted by atomic mass is 32.1. The molecular weight excluding hydrogens is 337 g/mol. The fraction of sp³-hybridized carbons (Fsp3) is 0.211. The first-order chi connectivity index (χ1) is 11.9. The van der Waals surface area contributed by atoms with Gasteiger partial charge in [-0.2, -0.15) is 0 Å². The molecule has 3 aromatic rings. The summed E-state index contributed by atoms with van der Waals surface area (Å²) in [6.07, 6.45) is 2.01. The Balaban J connectivity index is 2.04. The second kappa shape index (κ2) is 6.82. The van der Waals surface area contributed by atoms with Crippen molar-refractivity contribution in [1.82, 2.24) is 4.57 Å². The molecule has 6 heteroatoms. The van der Waals surface area contributed by atoms with Gasteiger partial charge in [0.1, 0.15) is 23.1 Å². The van der Waals surface area contributed by atoms with Crippen LogP contribution in [-0.4, -0.2) is 41.1 Å². The zero-order valence-corrected chi connectivity index (χ0v) is 15.3. The second-order valence-corrected chi connectivity index (χ2v) is 7.81. The topological polar surface area (TPSA) is 37.5 Å². The molecule has 0 spiro atoms. The summed E-state index contributed by atoms with van der Waals surface area (Å²) in [5.41, 5.74) is 3.09. The minimum Gasteiger partial charge on any atom is -0.410 e. The number of hydrogen-bond donors (Lipinski definition) is 1. The zero-order chi connectivity index (χ0) is 18.0. The molecule has 3 rings (SSSR count). The van der Waals surface area contributed by atoms with E-state index in [0.717, 1.165) is 21.6 Å². The smallest absolute Gasteiger partial charge is 0.123 e. The van der Waals surface area contributed by atoms with Gasteiger partial charge in [-0.15, -0.1) is 11.3 Å². The highest BCUT2D eigenvalue weighted by Crippen LogP contribution is 2.27. The highest BCUT2D eigenvalue weighted by Gasteiger charge is 2.19. The fourth-order valence-electron chi connectivity index (χ4n) is 2.77. The molecule has 130 valence electrons. The molecule has 4 nitrogen and oxygen atoms in total. The van der Waals surface area contributed by atoms with Gasteiger partial charge in [0.25, 0.3) is 0 Å². The molecule has 2 aromatic heterocycles. The molecule has 25 heavy (non-hydrogen) atoms. The van der Waals surface area contributed by atoms with E-state index >= 15 is 0 Å². The van der Waals surface area contributed by atoms with E-state index in [1.807, 2.05) is 23.7 Å². The molecule has 0 aliphatic heterocycles. The van der Waals surface area contributed by atoms with Gasteiger partial charge in [0.15, 0.2) is 0 Å². The summed E-state index contributed by atoms with van der Waals surface area (Å²) in [5.74, 6) is -0.317. The third kappa shape index (κ3) is 3.81. The van der Waals surface area contributed by atoms with Crippen molar-refractivity contribution < 1.29 is 14.1 Å². The van der Waals surface area contributed by atoms with Crippen LogP contribution in [0.3, 0.4) is 0 Å². The number of aromatic nitrogens is 1. The van der Waals surface area contributed by atoms with E-state index < -0.39 is 0 Å². The summed E-state index contributed by atoms with van der Waals surface area (Å²) in [6.45, 7) is 0.868. The van der Waals surface area contributed by atoms with E-state index in [1.54, 1.807) is 23.5 Å². The average Bonchev–Trinajstić information content (AvgIpc) is 3.17. The monoisotopic (exact) mass is 358 g/mol. The molecule has 0 unspecified atom stereocenters. The molecule has 0 aliphatic carbocycles. The van der Waals surface area contributed by atoms with Crippen molar-refractivity contribution in [3.8, 4) is 5.00 Å². The Morgan fingerprint density at radius 3 is 2.52 bits per heavy atom. The summed E-state index contributed by atoms with van der Waals surface area (Å²) in [5, 5.41) is 16.0. The van der Waals surface area contributed by atoms with Crippen LogP contribution in [0, 0.1) is 5.82 Å². The number of nitrogens with zero attached hydrogens (tertiary/aromatic N) is 3. The van der Waals surface area contributed by atoms with Gasteiger partial charge in [0.2, 0.25) is 0 Å². The van der Waals surface area contributed by atoms with E-state index in [4.69, 9.17) is 0 Å². The number of halogens is 1. The number of thiophene rings is 1. The number of hydrogen-bond acceptors (Lipinski definition) is 3. The van der Waals surface area contributed by atoms with Gasteiger partial charge in [-0.05, 0) is 47.8 Å². The maximum absolute atomic E-state index is 13.2. The lowest BCUT2D eigenvalue weighted by molar-refractivity contribution is -0.884. The van der Waals surface area contributed by atoms with Crippen LogP contribution in [0.1, 0.15) is 16.8 Å². The number of rotatable bonds is 5. The van der Waals surface area contributed by atoms with Crippen LogP contribution >= 0.6 is 11.3 Å². The number of oxime groups is 1. The first kappa shape index (κ1) is 17.4. The Kier molecular flexibility index (Phi) is 4.74. The normalized spacial score (nSPS) is 12.6. The van der Waals surface area contributed by atoms with Crippen LogP contribution in [0.15, 0.2) is 59.2 Å². The molecule has 0 amide bonds. The summed E-state index contributed by atoms with van der Waals surface area (Å²) in [6, 6.07) is 12.0. The number of quaternary nitrogens is 1. The van der Waals surface area contributed by atoms with Gasteiger partial charge >= 0.3 is 0 Å². The summed E-state index contributed by atoms with van der Waals surface area (Å²) in [7, 11) is 6.43. The highest BCUT2D eigenvalue weighted by molar-refractivity contribution is 7.13. The Labute approximate surface area is 150 Å². The van der Waals surface area contributed by atoms with Gasteiger partial charge in [-0.3, -0.25) is 0 Å². The van der Waals surface area contributed by atoms with E-state index in [1.165, 1.54) is 17.8 Å². The van der Waals surface area contributed by atoms with Crippen molar-refractivity contribution in [3.63, 3.8) is 0 Å². The van der Waals surface area contributed by atoms with Crippen LogP contribution < -0.4 is 0 Å². The van der Waals surface area contributed by atoms with E-state index in [9.17, 15) is 9.60 Å². The molecule has 1 N–H and O–H groups in total. The predicted octanol–water partition coefficient (Wildman–Crippen LogP) is 4.11. The first-order valence-corrected chi connectivity index (χ1v) is 8.80. The fourth-order valence-corrected chi connectivity index (χ4v) is 3.69. The van der Waals surface area contributed by atoms with Crippen molar-refractivity contribution in [1.29, 1.82) is 0 Å². The minimum atomic E-state index is -0.317. The lowest BCUT2D eigenvalue weighted by Crippen LogP contribution is -2.34. The van der Waals surface area contributed by atoms with E-state index in [0.29, 0.717) is 11.3 Å². The average molecular weight is 358 g/mol. The van der Waals surface area contributed by atoms with Crippen molar-refractivity contribution in [2.75, 3.05) is 21.1 Å².